The Morgan fingerprint density at radius 2 is 2.08 bits per heavy atom. The zero-order valence-corrected chi connectivity index (χ0v) is 13.0. The smallest absolute Gasteiger partial charge is 0.292 e. The van der Waals surface area contributed by atoms with Crippen LogP contribution >= 0.6 is 0 Å². The van der Waals surface area contributed by atoms with Gasteiger partial charge in [-0.25, -0.2) is 0 Å². The van der Waals surface area contributed by atoms with E-state index in [0.29, 0.717) is 13.1 Å². The van der Waals surface area contributed by atoms with Gasteiger partial charge in [0.1, 0.15) is 18.3 Å². The van der Waals surface area contributed by atoms with Crippen molar-refractivity contribution in [3.05, 3.63) is 35.0 Å². The van der Waals surface area contributed by atoms with E-state index in [0.717, 1.165) is 12.0 Å². The van der Waals surface area contributed by atoms with Crippen LogP contribution in [0.4, 0.5) is 0 Å². The largest absolute Gasteiger partial charge is 0.394 e. The molecular weight excluding hydrogens is 318 g/mol. The van der Waals surface area contributed by atoms with Crippen molar-refractivity contribution in [3.8, 4) is 0 Å². The molecule has 9 nitrogen and oxygen atoms in total. The van der Waals surface area contributed by atoms with E-state index in [1.807, 2.05) is 6.07 Å². The van der Waals surface area contributed by atoms with Crippen molar-refractivity contribution < 1.29 is 29.7 Å². The summed E-state index contributed by atoms with van der Waals surface area (Å²) in [4.78, 5) is 10.6. The summed E-state index contributed by atoms with van der Waals surface area (Å²) in [5.74, 6) is 0.139. The van der Waals surface area contributed by atoms with E-state index in [-0.39, 0.29) is 5.92 Å². The highest BCUT2D eigenvalue weighted by molar-refractivity contribution is 5.14. The molecule has 0 spiro atoms. The Morgan fingerprint density at radius 3 is 2.75 bits per heavy atom. The summed E-state index contributed by atoms with van der Waals surface area (Å²) in [6, 6.07) is 3.70. The van der Waals surface area contributed by atoms with Gasteiger partial charge in [-0.05, 0) is 12.5 Å². The lowest BCUT2D eigenvalue weighted by molar-refractivity contribution is -0.778. The Hall–Kier alpha value is -1.65. The van der Waals surface area contributed by atoms with E-state index in [1.54, 1.807) is 23.0 Å². The monoisotopic (exact) mass is 340 g/mol. The molecule has 6 atom stereocenters. The van der Waals surface area contributed by atoms with Gasteiger partial charge in [-0.1, -0.05) is 0 Å². The zero-order valence-electron chi connectivity index (χ0n) is 13.0. The third kappa shape index (κ3) is 3.13. The maximum absolute atomic E-state index is 10.6. The lowest BCUT2D eigenvalue weighted by atomic mass is 9.97. The summed E-state index contributed by atoms with van der Waals surface area (Å²) in [5, 5.41) is 43.7. The van der Waals surface area contributed by atoms with Crippen LogP contribution in [0, 0.1) is 4.91 Å². The van der Waals surface area contributed by atoms with Gasteiger partial charge in [-0.3, -0.25) is 5.01 Å². The normalized spacial score (nSPS) is 36.8. The van der Waals surface area contributed by atoms with E-state index >= 15 is 0 Å². The highest BCUT2D eigenvalue weighted by atomic mass is 16.6. The molecule has 3 heterocycles. The van der Waals surface area contributed by atoms with Crippen LogP contribution in [0.3, 0.4) is 0 Å². The maximum atomic E-state index is 10.6. The van der Waals surface area contributed by atoms with Gasteiger partial charge < -0.3 is 25.2 Å². The average molecular weight is 340 g/mol. The van der Waals surface area contributed by atoms with E-state index in [4.69, 9.17) is 4.74 Å². The predicted molar refractivity (Wildman–Crippen MR) is 80.4 cm³/mol. The number of hydrogen-bond donors (Lipinski definition) is 4. The number of aliphatic hydroxyl groups excluding tert-OH is 4. The Kier molecular flexibility index (Phi) is 5.07. The van der Waals surface area contributed by atoms with Crippen molar-refractivity contribution in [3.63, 3.8) is 0 Å². The van der Waals surface area contributed by atoms with Crippen molar-refractivity contribution in [2.24, 2.45) is 5.29 Å². The summed E-state index contributed by atoms with van der Waals surface area (Å²) in [6.45, 7) is 0.662. The van der Waals surface area contributed by atoms with Gasteiger partial charge in [-0.15, -0.1) is 4.91 Å². The molecule has 0 unspecified atom stereocenters. The molecule has 9 heteroatoms. The molecule has 0 aliphatic carbocycles. The van der Waals surface area contributed by atoms with Crippen LogP contribution in [0.5, 0.6) is 0 Å². The van der Waals surface area contributed by atoms with E-state index < -0.39 is 37.3 Å². The SMILES string of the molecule is O=NN1CC[C@H](c2ccc[n+]([C@@H]3O[C@H](CO)[C@@H](O)[C@H](O)[C@H]3O)c2)C1. The minimum Gasteiger partial charge on any atom is -0.394 e. The molecule has 0 amide bonds. The van der Waals surface area contributed by atoms with Crippen LogP contribution in [0.1, 0.15) is 24.1 Å². The van der Waals surface area contributed by atoms with Gasteiger partial charge in [-0.2, -0.15) is 4.57 Å². The standard InChI is InChI=1S/C15H22N3O6/c19-8-11-12(20)13(21)14(22)15(24-11)17-4-1-2-9(6-17)10-3-5-18(7-10)16-23/h1-2,4,6,10-15,19-22H,3,5,7-8H2/q+1/t10-,11+,12+,13-,14+,15+/m0/s1. The number of nitrogens with zero attached hydrogens (tertiary/aromatic N) is 3. The predicted octanol–water partition coefficient (Wildman–Crippen LogP) is -1.58. The average Bonchev–Trinajstić information content (AvgIpc) is 3.09. The number of aliphatic hydroxyl groups is 4. The highest BCUT2D eigenvalue weighted by Gasteiger charge is 2.48. The van der Waals surface area contributed by atoms with Crippen LogP contribution < -0.4 is 4.57 Å². The quantitative estimate of drug-likeness (QED) is 0.385. The van der Waals surface area contributed by atoms with E-state index in [2.05, 4.69) is 5.29 Å². The minimum absolute atomic E-state index is 0.139. The van der Waals surface area contributed by atoms with Gasteiger partial charge in [0.2, 0.25) is 0 Å². The molecule has 0 saturated carbocycles. The molecule has 4 N–H and O–H groups in total. The van der Waals surface area contributed by atoms with Crippen LogP contribution in [0.15, 0.2) is 29.8 Å². The molecule has 132 valence electrons. The van der Waals surface area contributed by atoms with Crippen molar-refractivity contribution in [1.29, 1.82) is 0 Å². The number of hydrogen-bond acceptors (Lipinski definition) is 7. The van der Waals surface area contributed by atoms with Gasteiger partial charge in [0.05, 0.1) is 11.9 Å². The zero-order chi connectivity index (χ0) is 17.3. The Morgan fingerprint density at radius 1 is 1.29 bits per heavy atom. The number of rotatable bonds is 4. The molecule has 0 radical (unpaired) electrons. The first-order valence-corrected chi connectivity index (χ1v) is 7.94. The van der Waals surface area contributed by atoms with Gasteiger partial charge in [0.15, 0.2) is 18.5 Å². The Labute approximate surface area is 138 Å². The maximum Gasteiger partial charge on any atom is 0.292 e. The molecule has 3 rings (SSSR count). The second-order valence-corrected chi connectivity index (χ2v) is 6.28. The molecule has 2 saturated heterocycles. The second kappa shape index (κ2) is 7.08. The molecule has 1 aromatic rings. The number of nitroso groups, excluding NO2 is 1. The summed E-state index contributed by atoms with van der Waals surface area (Å²) < 4.78 is 7.16. The molecule has 24 heavy (non-hydrogen) atoms. The molecule has 0 bridgehead atoms. The van der Waals surface area contributed by atoms with Crippen LogP contribution in [-0.2, 0) is 4.74 Å². The molecule has 2 aliphatic rings. The van der Waals surface area contributed by atoms with E-state index in [9.17, 15) is 25.3 Å². The van der Waals surface area contributed by atoms with Crippen molar-refractivity contribution in [2.45, 2.75) is 43.0 Å². The first-order chi connectivity index (χ1) is 11.5. The molecular formula is C15H22N3O6+. The molecule has 0 aromatic carbocycles. The second-order valence-electron chi connectivity index (χ2n) is 6.28. The van der Waals surface area contributed by atoms with Crippen LogP contribution in [0.25, 0.3) is 0 Å². The first-order valence-electron chi connectivity index (χ1n) is 7.94. The number of pyridine rings is 1. The number of ether oxygens (including phenoxy) is 1. The highest BCUT2D eigenvalue weighted by Crippen LogP contribution is 2.28. The third-order valence-electron chi connectivity index (χ3n) is 4.76. The lowest BCUT2D eigenvalue weighted by Crippen LogP contribution is -2.62. The Balaban J connectivity index is 1.81. The van der Waals surface area contributed by atoms with Crippen LogP contribution in [-0.4, -0.2) is 69.5 Å². The van der Waals surface area contributed by atoms with Gasteiger partial charge in [0, 0.05) is 30.6 Å². The summed E-state index contributed by atoms with van der Waals surface area (Å²) in [6.07, 6.45) is -1.75. The minimum atomic E-state index is -1.42. The van der Waals surface area contributed by atoms with Crippen molar-refractivity contribution >= 4 is 0 Å². The van der Waals surface area contributed by atoms with Gasteiger partial charge in [0.25, 0.3) is 6.23 Å². The molecule has 1 aromatic heterocycles. The van der Waals surface area contributed by atoms with Crippen LogP contribution in [0.2, 0.25) is 0 Å². The topological polar surface area (TPSA) is 127 Å². The summed E-state index contributed by atoms with van der Waals surface area (Å²) in [5.41, 5.74) is 0.959. The Bertz CT molecular complexity index is 586. The molecule has 2 fully saturated rings. The summed E-state index contributed by atoms with van der Waals surface area (Å²) in [7, 11) is 0. The van der Waals surface area contributed by atoms with Crippen molar-refractivity contribution in [1.82, 2.24) is 5.01 Å². The third-order valence-corrected chi connectivity index (χ3v) is 4.76. The number of aromatic nitrogens is 1. The van der Waals surface area contributed by atoms with E-state index in [1.165, 1.54) is 5.01 Å². The fourth-order valence-corrected chi connectivity index (χ4v) is 3.33. The van der Waals surface area contributed by atoms with Gasteiger partial charge >= 0.3 is 0 Å². The fourth-order valence-electron chi connectivity index (χ4n) is 3.33. The first kappa shape index (κ1) is 17.2. The lowest BCUT2D eigenvalue weighted by Gasteiger charge is -2.36. The molecule has 2 aliphatic heterocycles. The van der Waals surface area contributed by atoms with Crippen molar-refractivity contribution in [2.75, 3.05) is 19.7 Å². The summed E-state index contributed by atoms with van der Waals surface area (Å²) >= 11 is 0. The fraction of sp³-hybridized carbons (Fsp3) is 0.667.